The van der Waals surface area contributed by atoms with Crippen molar-refractivity contribution in [3.63, 3.8) is 0 Å². The van der Waals surface area contributed by atoms with Crippen LogP contribution in [0.15, 0.2) is 59.3 Å². The first-order valence-electron chi connectivity index (χ1n) is 13.0. The summed E-state index contributed by atoms with van der Waals surface area (Å²) in [6.07, 6.45) is 6.39. The van der Waals surface area contributed by atoms with E-state index in [1.165, 1.54) is 17.2 Å². The summed E-state index contributed by atoms with van der Waals surface area (Å²) in [6.45, 7) is 3.03. The monoisotopic (exact) mass is 518 g/mol. The molecule has 5 rings (SSSR count). The van der Waals surface area contributed by atoms with E-state index in [9.17, 15) is 4.79 Å². The number of hydrogen-bond donors (Lipinski definition) is 2. The average molecular weight is 519 g/mol. The number of aromatic amines is 1. The smallest absolute Gasteiger partial charge is 0.273 e. The number of aromatic nitrogens is 2. The third kappa shape index (κ3) is 6.17. The van der Waals surface area contributed by atoms with E-state index in [0.29, 0.717) is 25.5 Å². The summed E-state index contributed by atoms with van der Waals surface area (Å²) in [5, 5.41) is 4.12. The van der Waals surface area contributed by atoms with Crippen molar-refractivity contribution in [3.05, 3.63) is 77.6 Å². The molecule has 1 amide bonds. The number of amides is 1. The summed E-state index contributed by atoms with van der Waals surface area (Å²) in [5.74, 6) is 1.72. The maximum atomic E-state index is 12.6. The maximum absolute atomic E-state index is 12.6. The Labute approximate surface area is 222 Å². The standard InChI is InChI=1S/C29H34N4O5/c1-35-22-10-9-21(27(14-22)36-2)17-33(12-11-20-15-30-25-8-4-3-7-24(20)25)18-28-32-26(19-38-28)29(34)31-16-23-6-5-13-37-23/h3-4,7-10,14-15,19,23,30H,5-6,11-13,16-18H2,1-2H3,(H,31,34)/t23-/m0/s1. The molecule has 1 atom stereocenters. The van der Waals surface area contributed by atoms with Gasteiger partial charge in [0.05, 0.1) is 26.9 Å². The van der Waals surface area contributed by atoms with Crippen molar-refractivity contribution in [1.82, 2.24) is 20.2 Å². The van der Waals surface area contributed by atoms with Crippen LogP contribution in [0.25, 0.3) is 10.9 Å². The van der Waals surface area contributed by atoms with E-state index < -0.39 is 0 Å². The fourth-order valence-electron chi connectivity index (χ4n) is 4.84. The summed E-state index contributed by atoms with van der Waals surface area (Å²) in [4.78, 5) is 22.7. The Morgan fingerprint density at radius 2 is 2.05 bits per heavy atom. The Balaban J connectivity index is 1.30. The summed E-state index contributed by atoms with van der Waals surface area (Å²) in [5.41, 5.74) is 3.66. The van der Waals surface area contributed by atoms with Gasteiger partial charge >= 0.3 is 0 Å². The topological polar surface area (TPSA) is 102 Å². The molecule has 0 radical (unpaired) electrons. The van der Waals surface area contributed by atoms with Crippen LogP contribution in [0.3, 0.4) is 0 Å². The Hall–Kier alpha value is -3.82. The van der Waals surface area contributed by atoms with Gasteiger partial charge in [-0.25, -0.2) is 4.98 Å². The molecule has 0 bridgehead atoms. The highest BCUT2D eigenvalue weighted by atomic mass is 16.5. The van der Waals surface area contributed by atoms with Gasteiger partial charge in [-0.15, -0.1) is 0 Å². The van der Waals surface area contributed by atoms with Gasteiger partial charge in [0, 0.05) is 55.0 Å². The van der Waals surface area contributed by atoms with Gasteiger partial charge in [0.25, 0.3) is 5.91 Å². The fraction of sp³-hybridized carbons (Fsp3) is 0.379. The zero-order valence-electron chi connectivity index (χ0n) is 21.9. The first-order valence-corrected chi connectivity index (χ1v) is 13.0. The Morgan fingerprint density at radius 3 is 2.87 bits per heavy atom. The SMILES string of the molecule is COc1ccc(CN(CCc2c[nH]c3ccccc23)Cc2nc(C(=O)NC[C@@H]3CCCO3)co2)c(OC)c1. The molecule has 4 aromatic rings. The molecule has 9 heteroatoms. The normalized spacial score (nSPS) is 15.3. The molecular formula is C29H34N4O5. The number of benzene rings is 2. The molecule has 9 nitrogen and oxygen atoms in total. The zero-order chi connectivity index (χ0) is 26.3. The van der Waals surface area contributed by atoms with E-state index in [2.05, 4.69) is 44.6 Å². The third-order valence-corrected chi connectivity index (χ3v) is 6.92. The molecule has 0 saturated carbocycles. The maximum Gasteiger partial charge on any atom is 0.273 e. The number of nitrogens with zero attached hydrogens (tertiary/aromatic N) is 2. The van der Waals surface area contributed by atoms with Crippen LogP contribution >= 0.6 is 0 Å². The summed E-state index contributed by atoms with van der Waals surface area (Å²) in [6, 6.07) is 14.1. The number of H-pyrrole nitrogens is 1. The fourth-order valence-corrected chi connectivity index (χ4v) is 4.84. The van der Waals surface area contributed by atoms with Crippen molar-refractivity contribution >= 4 is 16.8 Å². The largest absolute Gasteiger partial charge is 0.497 e. The highest BCUT2D eigenvalue weighted by molar-refractivity contribution is 5.91. The van der Waals surface area contributed by atoms with Gasteiger partial charge < -0.3 is 28.9 Å². The predicted octanol–water partition coefficient (Wildman–Crippen LogP) is 4.33. The number of carbonyl (C=O) groups excluding carboxylic acids is 1. The average Bonchev–Trinajstić information content (AvgIpc) is 3.72. The molecule has 1 saturated heterocycles. The molecule has 1 aliphatic heterocycles. The number of nitrogens with one attached hydrogen (secondary N) is 2. The van der Waals surface area contributed by atoms with Crippen molar-refractivity contribution in [2.45, 2.75) is 38.5 Å². The Kier molecular flexibility index (Phi) is 8.25. The summed E-state index contributed by atoms with van der Waals surface area (Å²) >= 11 is 0. The minimum atomic E-state index is -0.252. The predicted molar refractivity (Wildman–Crippen MR) is 143 cm³/mol. The minimum absolute atomic E-state index is 0.0739. The van der Waals surface area contributed by atoms with Crippen molar-refractivity contribution in [2.24, 2.45) is 0 Å². The lowest BCUT2D eigenvalue weighted by molar-refractivity contribution is 0.0853. The number of methoxy groups -OCH3 is 2. The van der Waals surface area contributed by atoms with E-state index in [1.807, 2.05) is 24.3 Å². The zero-order valence-corrected chi connectivity index (χ0v) is 21.9. The second-order valence-corrected chi connectivity index (χ2v) is 9.47. The highest BCUT2D eigenvalue weighted by Crippen LogP contribution is 2.27. The quantitative estimate of drug-likeness (QED) is 0.288. The van der Waals surface area contributed by atoms with Gasteiger partial charge in [-0.3, -0.25) is 9.69 Å². The number of fused-ring (bicyclic) bond motifs is 1. The highest BCUT2D eigenvalue weighted by Gasteiger charge is 2.20. The van der Waals surface area contributed by atoms with Crippen LogP contribution in [0.5, 0.6) is 11.5 Å². The van der Waals surface area contributed by atoms with Gasteiger partial charge in [-0.2, -0.15) is 0 Å². The van der Waals surface area contributed by atoms with Gasteiger partial charge in [0.2, 0.25) is 5.89 Å². The number of para-hydroxylation sites is 1. The lowest BCUT2D eigenvalue weighted by Crippen LogP contribution is -2.32. The summed E-state index contributed by atoms with van der Waals surface area (Å²) < 4.78 is 22.3. The van der Waals surface area contributed by atoms with E-state index in [1.54, 1.807) is 14.2 Å². The number of rotatable bonds is 12. The summed E-state index contributed by atoms with van der Waals surface area (Å²) in [7, 11) is 3.29. The van der Waals surface area contributed by atoms with Crippen LogP contribution < -0.4 is 14.8 Å². The second-order valence-electron chi connectivity index (χ2n) is 9.47. The van der Waals surface area contributed by atoms with E-state index in [0.717, 1.165) is 55.0 Å². The second kappa shape index (κ2) is 12.1. The van der Waals surface area contributed by atoms with Crippen molar-refractivity contribution in [1.29, 1.82) is 0 Å². The molecule has 0 aliphatic carbocycles. The number of hydrogen-bond acceptors (Lipinski definition) is 7. The van der Waals surface area contributed by atoms with Crippen molar-refractivity contribution in [3.8, 4) is 11.5 Å². The minimum Gasteiger partial charge on any atom is -0.497 e. The van der Waals surface area contributed by atoms with Crippen LogP contribution in [0.2, 0.25) is 0 Å². The first kappa shape index (κ1) is 25.8. The molecule has 2 aromatic heterocycles. The van der Waals surface area contributed by atoms with Crippen LogP contribution in [0, 0.1) is 0 Å². The molecular weight excluding hydrogens is 484 g/mol. The molecule has 200 valence electrons. The molecule has 1 aliphatic rings. The molecule has 0 spiro atoms. The number of ether oxygens (including phenoxy) is 3. The van der Waals surface area contributed by atoms with Crippen molar-refractivity contribution in [2.75, 3.05) is 33.9 Å². The first-order chi connectivity index (χ1) is 18.6. The Morgan fingerprint density at radius 1 is 1.16 bits per heavy atom. The van der Waals surface area contributed by atoms with E-state index in [-0.39, 0.29) is 17.7 Å². The number of carbonyl (C=O) groups is 1. The van der Waals surface area contributed by atoms with Gasteiger partial charge in [-0.05, 0) is 37.0 Å². The lowest BCUT2D eigenvalue weighted by Gasteiger charge is -2.22. The molecule has 0 unspecified atom stereocenters. The van der Waals surface area contributed by atoms with Crippen LogP contribution in [0.1, 0.15) is 40.3 Å². The van der Waals surface area contributed by atoms with Gasteiger partial charge in [0.1, 0.15) is 17.8 Å². The van der Waals surface area contributed by atoms with Crippen LogP contribution in [0.4, 0.5) is 0 Å². The molecule has 38 heavy (non-hydrogen) atoms. The third-order valence-electron chi connectivity index (χ3n) is 6.92. The molecule has 1 fully saturated rings. The van der Waals surface area contributed by atoms with Gasteiger partial charge in [0.15, 0.2) is 5.69 Å². The van der Waals surface area contributed by atoms with E-state index >= 15 is 0 Å². The number of oxazole rings is 1. The van der Waals surface area contributed by atoms with Gasteiger partial charge in [-0.1, -0.05) is 24.3 Å². The molecule has 2 aromatic carbocycles. The molecule has 2 N–H and O–H groups in total. The molecule has 3 heterocycles. The van der Waals surface area contributed by atoms with Crippen molar-refractivity contribution < 1.29 is 23.4 Å². The van der Waals surface area contributed by atoms with E-state index in [4.69, 9.17) is 18.6 Å². The van der Waals surface area contributed by atoms with Crippen LogP contribution in [-0.4, -0.2) is 60.8 Å². The van der Waals surface area contributed by atoms with Crippen LogP contribution in [-0.2, 0) is 24.2 Å². The lowest BCUT2D eigenvalue weighted by atomic mass is 10.1. The Bertz CT molecular complexity index is 1360.